The molecule has 0 bridgehead atoms. The van der Waals surface area contributed by atoms with E-state index in [1.54, 1.807) is 17.0 Å². The number of aromatic nitrogens is 2. The molecule has 2 atom stereocenters. The van der Waals surface area contributed by atoms with Crippen molar-refractivity contribution >= 4 is 5.91 Å². The maximum absolute atomic E-state index is 13.2. The summed E-state index contributed by atoms with van der Waals surface area (Å²) >= 11 is 0. The molecule has 3 aromatic rings. The van der Waals surface area contributed by atoms with E-state index in [1.807, 2.05) is 19.1 Å². The van der Waals surface area contributed by atoms with Gasteiger partial charge in [-0.3, -0.25) is 4.79 Å². The summed E-state index contributed by atoms with van der Waals surface area (Å²) in [6.07, 6.45) is 1.31. The summed E-state index contributed by atoms with van der Waals surface area (Å²) in [6, 6.07) is 14.2. The molecule has 6 heteroatoms. The van der Waals surface area contributed by atoms with Crippen LogP contribution in [0.3, 0.4) is 0 Å². The average molecular weight is 379 g/mol. The largest absolute Gasteiger partial charge is 0.339 e. The Balaban J connectivity index is 1.49. The van der Waals surface area contributed by atoms with Gasteiger partial charge in [-0.2, -0.15) is 4.98 Å². The molecule has 0 spiro atoms. The number of amides is 1. The molecule has 1 saturated heterocycles. The minimum absolute atomic E-state index is 0.0360. The number of likely N-dealkylation sites (tertiary alicyclic amines) is 1. The highest BCUT2D eigenvalue weighted by atomic mass is 19.1. The van der Waals surface area contributed by atoms with Crippen LogP contribution in [-0.4, -0.2) is 27.5 Å². The SMILES string of the molecule is CCc1ccc(-c2noc(C3CC(=O)N(C(C)c4ccc(F)cc4)C3)n2)cc1. The molecule has 28 heavy (non-hydrogen) atoms. The van der Waals surface area contributed by atoms with Crippen LogP contribution in [0.4, 0.5) is 4.39 Å². The van der Waals surface area contributed by atoms with E-state index in [4.69, 9.17) is 4.52 Å². The van der Waals surface area contributed by atoms with Crippen LogP contribution in [0.25, 0.3) is 11.4 Å². The number of carbonyl (C=O) groups excluding carboxylic acids is 1. The lowest BCUT2D eigenvalue weighted by atomic mass is 10.1. The smallest absolute Gasteiger partial charge is 0.232 e. The van der Waals surface area contributed by atoms with Gasteiger partial charge in [0, 0.05) is 18.5 Å². The van der Waals surface area contributed by atoms with Crippen LogP contribution in [-0.2, 0) is 11.2 Å². The van der Waals surface area contributed by atoms with Crippen molar-refractivity contribution in [2.45, 2.75) is 38.6 Å². The minimum Gasteiger partial charge on any atom is -0.339 e. The van der Waals surface area contributed by atoms with Gasteiger partial charge < -0.3 is 9.42 Å². The van der Waals surface area contributed by atoms with Gasteiger partial charge >= 0.3 is 0 Å². The zero-order valence-corrected chi connectivity index (χ0v) is 15.9. The zero-order valence-electron chi connectivity index (χ0n) is 15.9. The molecule has 144 valence electrons. The molecule has 2 heterocycles. The molecule has 5 nitrogen and oxygen atoms in total. The number of rotatable bonds is 5. The topological polar surface area (TPSA) is 59.2 Å². The van der Waals surface area contributed by atoms with Gasteiger partial charge in [-0.15, -0.1) is 0 Å². The van der Waals surface area contributed by atoms with Crippen LogP contribution in [0.2, 0.25) is 0 Å². The normalized spacial score (nSPS) is 17.9. The number of nitrogens with zero attached hydrogens (tertiary/aromatic N) is 3. The second-order valence-corrected chi connectivity index (χ2v) is 7.18. The van der Waals surface area contributed by atoms with Crippen molar-refractivity contribution in [2.24, 2.45) is 0 Å². The molecule has 2 unspecified atom stereocenters. The summed E-state index contributed by atoms with van der Waals surface area (Å²) in [5.41, 5.74) is 3.05. The highest BCUT2D eigenvalue weighted by molar-refractivity contribution is 5.80. The molecule has 1 fully saturated rings. The number of aryl methyl sites for hydroxylation is 1. The lowest BCUT2D eigenvalue weighted by molar-refractivity contribution is -0.129. The van der Waals surface area contributed by atoms with Crippen molar-refractivity contribution in [3.8, 4) is 11.4 Å². The van der Waals surface area contributed by atoms with Crippen molar-refractivity contribution in [3.63, 3.8) is 0 Å². The Morgan fingerprint density at radius 3 is 2.57 bits per heavy atom. The number of hydrogen-bond donors (Lipinski definition) is 0. The fourth-order valence-corrected chi connectivity index (χ4v) is 3.60. The molecule has 0 saturated carbocycles. The fourth-order valence-electron chi connectivity index (χ4n) is 3.60. The first kappa shape index (κ1) is 18.3. The van der Waals surface area contributed by atoms with Gasteiger partial charge in [0.05, 0.1) is 12.0 Å². The molecule has 4 rings (SSSR count). The quantitative estimate of drug-likeness (QED) is 0.654. The lowest BCUT2D eigenvalue weighted by Crippen LogP contribution is -2.28. The number of benzene rings is 2. The van der Waals surface area contributed by atoms with Crippen molar-refractivity contribution < 1.29 is 13.7 Å². The Labute approximate surface area is 163 Å². The van der Waals surface area contributed by atoms with E-state index >= 15 is 0 Å². The fraction of sp³-hybridized carbons (Fsp3) is 0.318. The Morgan fingerprint density at radius 1 is 1.18 bits per heavy atom. The third-order valence-corrected chi connectivity index (χ3v) is 5.39. The summed E-state index contributed by atoms with van der Waals surface area (Å²) in [5, 5.41) is 4.09. The predicted molar refractivity (Wildman–Crippen MR) is 103 cm³/mol. The second-order valence-electron chi connectivity index (χ2n) is 7.18. The third-order valence-electron chi connectivity index (χ3n) is 5.39. The van der Waals surface area contributed by atoms with Crippen LogP contribution in [0.15, 0.2) is 53.1 Å². The zero-order chi connectivity index (χ0) is 19.7. The maximum atomic E-state index is 13.2. The van der Waals surface area contributed by atoms with Crippen molar-refractivity contribution in [1.82, 2.24) is 15.0 Å². The van der Waals surface area contributed by atoms with Gasteiger partial charge in [0.25, 0.3) is 0 Å². The van der Waals surface area contributed by atoms with E-state index in [0.29, 0.717) is 24.7 Å². The Hall–Kier alpha value is -3.02. The van der Waals surface area contributed by atoms with E-state index < -0.39 is 0 Å². The Bertz CT molecular complexity index is 966. The Morgan fingerprint density at radius 2 is 1.89 bits per heavy atom. The van der Waals surface area contributed by atoms with Gasteiger partial charge in [0.1, 0.15) is 5.82 Å². The monoisotopic (exact) mass is 379 g/mol. The predicted octanol–water partition coefficient (Wildman–Crippen LogP) is 4.52. The van der Waals surface area contributed by atoms with E-state index in [-0.39, 0.29) is 23.7 Å². The third kappa shape index (κ3) is 3.54. The van der Waals surface area contributed by atoms with Crippen LogP contribution in [0, 0.1) is 5.82 Å². The summed E-state index contributed by atoms with van der Waals surface area (Å²) in [6.45, 7) is 4.56. The molecule has 1 aromatic heterocycles. The lowest BCUT2D eigenvalue weighted by Gasteiger charge is -2.25. The molecule has 0 N–H and O–H groups in total. The summed E-state index contributed by atoms with van der Waals surface area (Å²) in [5.74, 6) is 0.638. The van der Waals surface area contributed by atoms with Crippen LogP contribution in [0.5, 0.6) is 0 Å². The second kappa shape index (κ2) is 7.54. The van der Waals surface area contributed by atoms with E-state index in [1.165, 1.54) is 17.7 Å². The van der Waals surface area contributed by atoms with Crippen LogP contribution in [0.1, 0.15) is 49.2 Å². The summed E-state index contributed by atoms with van der Waals surface area (Å²) in [4.78, 5) is 18.9. The molecule has 1 aliphatic heterocycles. The first-order chi connectivity index (χ1) is 13.5. The minimum atomic E-state index is -0.285. The van der Waals surface area contributed by atoms with Crippen molar-refractivity contribution in [2.75, 3.05) is 6.54 Å². The molecule has 0 radical (unpaired) electrons. The van der Waals surface area contributed by atoms with Gasteiger partial charge in [0.2, 0.25) is 17.6 Å². The molecule has 2 aromatic carbocycles. The molecule has 0 aliphatic carbocycles. The van der Waals surface area contributed by atoms with Gasteiger partial charge in [0.15, 0.2) is 0 Å². The van der Waals surface area contributed by atoms with Crippen LogP contribution < -0.4 is 0 Å². The summed E-state index contributed by atoms with van der Waals surface area (Å²) in [7, 11) is 0. The maximum Gasteiger partial charge on any atom is 0.232 e. The molecular formula is C22H22FN3O2. The standard InChI is InChI=1S/C22H22FN3O2/c1-3-15-4-6-17(7-5-15)21-24-22(28-25-21)18-12-20(27)26(13-18)14(2)16-8-10-19(23)11-9-16/h4-11,14,18H,3,12-13H2,1-2H3. The first-order valence-corrected chi connectivity index (χ1v) is 9.53. The number of hydrogen-bond acceptors (Lipinski definition) is 4. The van der Waals surface area contributed by atoms with E-state index in [0.717, 1.165) is 17.5 Å². The van der Waals surface area contributed by atoms with Gasteiger partial charge in [-0.25, -0.2) is 4.39 Å². The van der Waals surface area contributed by atoms with Crippen LogP contribution >= 0.6 is 0 Å². The molecular weight excluding hydrogens is 357 g/mol. The van der Waals surface area contributed by atoms with Gasteiger partial charge in [-0.05, 0) is 36.6 Å². The highest BCUT2D eigenvalue weighted by Gasteiger charge is 2.37. The van der Waals surface area contributed by atoms with Gasteiger partial charge in [-0.1, -0.05) is 48.5 Å². The number of halogens is 1. The molecule has 1 aliphatic rings. The number of carbonyl (C=O) groups is 1. The summed E-state index contributed by atoms with van der Waals surface area (Å²) < 4.78 is 18.6. The molecule has 1 amide bonds. The average Bonchev–Trinajstić information content (AvgIpc) is 3.35. The Kier molecular flexibility index (Phi) is 4.94. The highest BCUT2D eigenvalue weighted by Crippen LogP contribution is 2.34. The van der Waals surface area contributed by atoms with Crippen molar-refractivity contribution in [1.29, 1.82) is 0 Å². The van der Waals surface area contributed by atoms with E-state index in [9.17, 15) is 9.18 Å². The van der Waals surface area contributed by atoms with E-state index in [2.05, 4.69) is 29.2 Å². The first-order valence-electron chi connectivity index (χ1n) is 9.53. The van der Waals surface area contributed by atoms with Crippen molar-refractivity contribution in [3.05, 3.63) is 71.4 Å².